The van der Waals surface area contributed by atoms with Gasteiger partial charge in [0.05, 0.1) is 23.8 Å². The van der Waals surface area contributed by atoms with E-state index in [4.69, 9.17) is 10.5 Å². The first-order valence-electron chi connectivity index (χ1n) is 4.57. The molecule has 0 fully saturated rings. The molecule has 0 aliphatic heterocycles. The van der Waals surface area contributed by atoms with Crippen molar-refractivity contribution in [1.29, 1.82) is 0 Å². The van der Waals surface area contributed by atoms with Crippen molar-refractivity contribution in [2.45, 2.75) is 6.54 Å². The fourth-order valence-electron chi connectivity index (χ4n) is 1.32. The fourth-order valence-corrected chi connectivity index (χ4v) is 1.85. The molecule has 1 aromatic heterocycles. The number of hydrogen-bond acceptors (Lipinski definition) is 5. The van der Waals surface area contributed by atoms with Gasteiger partial charge in [0.25, 0.3) is 0 Å². The molecular formula is C9H10BrN5O. The summed E-state index contributed by atoms with van der Waals surface area (Å²) >= 11 is 3.40. The van der Waals surface area contributed by atoms with Crippen LogP contribution in [0.25, 0.3) is 5.69 Å². The third kappa shape index (κ3) is 1.91. The molecule has 0 saturated heterocycles. The van der Waals surface area contributed by atoms with E-state index in [-0.39, 0.29) is 6.54 Å². The molecule has 0 radical (unpaired) electrons. The third-order valence-electron chi connectivity index (χ3n) is 2.10. The smallest absolute Gasteiger partial charge is 0.170 e. The first kappa shape index (κ1) is 11.0. The molecule has 0 unspecified atom stereocenters. The van der Waals surface area contributed by atoms with Gasteiger partial charge in [-0.1, -0.05) is 0 Å². The minimum Gasteiger partial charge on any atom is -0.496 e. The van der Waals surface area contributed by atoms with Gasteiger partial charge in [0.15, 0.2) is 5.82 Å². The molecule has 0 aliphatic rings. The predicted molar refractivity (Wildman–Crippen MR) is 61.3 cm³/mol. The summed E-state index contributed by atoms with van der Waals surface area (Å²) in [5.74, 6) is 1.36. The molecule has 7 heteroatoms. The fraction of sp³-hybridized carbons (Fsp3) is 0.222. The predicted octanol–water partition coefficient (Wildman–Crippen LogP) is 0.892. The summed E-state index contributed by atoms with van der Waals surface area (Å²) in [4.78, 5) is 0. The molecule has 0 aliphatic carbocycles. The lowest BCUT2D eigenvalue weighted by molar-refractivity contribution is 0.412. The minimum absolute atomic E-state index is 0.288. The van der Waals surface area contributed by atoms with E-state index in [1.165, 1.54) is 0 Å². The topological polar surface area (TPSA) is 78.8 Å². The Labute approximate surface area is 101 Å². The van der Waals surface area contributed by atoms with Crippen molar-refractivity contribution >= 4 is 15.9 Å². The summed E-state index contributed by atoms with van der Waals surface area (Å²) in [7, 11) is 1.61. The molecule has 2 N–H and O–H groups in total. The van der Waals surface area contributed by atoms with Gasteiger partial charge in [-0.2, -0.15) is 4.68 Å². The summed E-state index contributed by atoms with van der Waals surface area (Å²) in [6.07, 6.45) is 0. The van der Waals surface area contributed by atoms with Crippen molar-refractivity contribution in [3.8, 4) is 11.4 Å². The Kier molecular flexibility index (Phi) is 3.16. The number of nitrogens with two attached hydrogens (primary N) is 1. The number of tetrazole rings is 1. The number of aromatic nitrogens is 4. The highest BCUT2D eigenvalue weighted by Crippen LogP contribution is 2.26. The standard InChI is InChI=1S/C9H10BrN5O/c1-16-8-3-2-6(4-7(8)10)15-9(5-11)12-13-14-15/h2-4H,5,11H2,1H3. The Balaban J connectivity index is 2.45. The number of methoxy groups -OCH3 is 1. The lowest BCUT2D eigenvalue weighted by Gasteiger charge is -2.06. The average molecular weight is 284 g/mol. The zero-order valence-corrected chi connectivity index (χ0v) is 10.2. The number of rotatable bonds is 3. The lowest BCUT2D eigenvalue weighted by atomic mass is 10.3. The van der Waals surface area contributed by atoms with Crippen LogP contribution in [0.1, 0.15) is 5.82 Å². The maximum atomic E-state index is 5.53. The van der Waals surface area contributed by atoms with Crippen molar-refractivity contribution < 1.29 is 4.74 Å². The molecule has 0 bridgehead atoms. The molecular weight excluding hydrogens is 274 g/mol. The summed E-state index contributed by atoms with van der Waals surface area (Å²) in [5.41, 5.74) is 6.36. The highest BCUT2D eigenvalue weighted by atomic mass is 79.9. The van der Waals surface area contributed by atoms with Crippen molar-refractivity contribution in [2.75, 3.05) is 7.11 Å². The normalized spacial score (nSPS) is 10.4. The maximum Gasteiger partial charge on any atom is 0.170 e. The Morgan fingerprint density at radius 1 is 1.50 bits per heavy atom. The Morgan fingerprint density at radius 2 is 2.31 bits per heavy atom. The van der Waals surface area contributed by atoms with E-state index >= 15 is 0 Å². The minimum atomic E-state index is 0.288. The average Bonchev–Trinajstić information content (AvgIpc) is 2.77. The van der Waals surface area contributed by atoms with Crippen LogP contribution in [-0.2, 0) is 6.54 Å². The number of hydrogen-bond donors (Lipinski definition) is 1. The number of halogens is 1. The van der Waals surface area contributed by atoms with Gasteiger partial charge in [-0.3, -0.25) is 0 Å². The van der Waals surface area contributed by atoms with Crippen molar-refractivity contribution in [3.05, 3.63) is 28.5 Å². The molecule has 1 heterocycles. The second-order valence-electron chi connectivity index (χ2n) is 3.03. The van der Waals surface area contributed by atoms with Crippen LogP contribution in [0.3, 0.4) is 0 Å². The molecule has 1 aromatic carbocycles. The number of ether oxygens (including phenoxy) is 1. The maximum absolute atomic E-state index is 5.53. The van der Waals surface area contributed by atoms with Crippen LogP contribution in [0.2, 0.25) is 0 Å². The first-order chi connectivity index (χ1) is 7.76. The van der Waals surface area contributed by atoms with E-state index in [9.17, 15) is 0 Å². The highest BCUT2D eigenvalue weighted by molar-refractivity contribution is 9.10. The Bertz CT molecular complexity index is 498. The van der Waals surface area contributed by atoms with Crippen molar-refractivity contribution in [2.24, 2.45) is 5.73 Å². The zero-order valence-electron chi connectivity index (χ0n) is 8.59. The summed E-state index contributed by atoms with van der Waals surface area (Å²) < 4.78 is 7.57. The molecule has 16 heavy (non-hydrogen) atoms. The lowest BCUT2D eigenvalue weighted by Crippen LogP contribution is -2.08. The van der Waals surface area contributed by atoms with Crippen LogP contribution in [0.15, 0.2) is 22.7 Å². The van der Waals surface area contributed by atoms with Crippen LogP contribution in [-0.4, -0.2) is 27.3 Å². The van der Waals surface area contributed by atoms with E-state index < -0.39 is 0 Å². The van der Waals surface area contributed by atoms with Gasteiger partial charge in [-0.25, -0.2) is 0 Å². The van der Waals surface area contributed by atoms with Gasteiger partial charge in [0.2, 0.25) is 0 Å². The molecule has 2 rings (SSSR count). The first-order valence-corrected chi connectivity index (χ1v) is 5.37. The molecule has 2 aromatic rings. The van der Waals surface area contributed by atoms with Gasteiger partial charge < -0.3 is 10.5 Å². The Morgan fingerprint density at radius 3 is 2.94 bits per heavy atom. The molecule has 0 saturated carbocycles. The number of benzene rings is 1. The van der Waals surface area contributed by atoms with E-state index in [2.05, 4.69) is 31.5 Å². The Hall–Kier alpha value is -1.47. The van der Waals surface area contributed by atoms with Crippen LogP contribution in [0.4, 0.5) is 0 Å². The van der Waals surface area contributed by atoms with Crippen molar-refractivity contribution in [1.82, 2.24) is 20.2 Å². The monoisotopic (exact) mass is 283 g/mol. The van der Waals surface area contributed by atoms with Crippen LogP contribution in [0.5, 0.6) is 5.75 Å². The highest BCUT2D eigenvalue weighted by Gasteiger charge is 2.08. The zero-order chi connectivity index (χ0) is 11.5. The van der Waals surface area contributed by atoms with Crippen molar-refractivity contribution in [3.63, 3.8) is 0 Å². The van der Waals surface area contributed by atoms with Gasteiger partial charge in [0, 0.05) is 0 Å². The van der Waals surface area contributed by atoms with E-state index in [0.717, 1.165) is 15.9 Å². The second-order valence-corrected chi connectivity index (χ2v) is 3.88. The molecule has 0 amide bonds. The third-order valence-corrected chi connectivity index (χ3v) is 2.72. The summed E-state index contributed by atoms with van der Waals surface area (Å²) in [5, 5.41) is 11.3. The summed E-state index contributed by atoms with van der Waals surface area (Å²) in [6, 6.07) is 5.56. The molecule has 0 atom stereocenters. The quantitative estimate of drug-likeness (QED) is 0.905. The van der Waals surface area contributed by atoms with Gasteiger partial charge in [0.1, 0.15) is 5.75 Å². The van der Waals surface area contributed by atoms with E-state index in [0.29, 0.717) is 5.82 Å². The molecule has 0 spiro atoms. The van der Waals surface area contributed by atoms with Crippen LogP contribution >= 0.6 is 15.9 Å². The van der Waals surface area contributed by atoms with E-state index in [1.54, 1.807) is 11.8 Å². The van der Waals surface area contributed by atoms with Gasteiger partial charge in [-0.15, -0.1) is 5.10 Å². The molecule has 84 valence electrons. The van der Waals surface area contributed by atoms with Gasteiger partial charge >= 0.3 is 0 Å². The summed E-state index contributed by atoms with van der Waals surface area (Å²) in [6.45, 7) is 0.288. The number of nitrogens with zero attached hydrogens (tertiary/aromatic N) is 4. The largest absolute Gasteiger partial charge is 0.496 e. The van der Waals surface area contributed by atoms with Crippen LogP contribution in [0, 0.1) is 0 Å². The second kappa shape index (κ2) is 4.58. The molecule has 6 nitrogen and oxygen atoms in total. The van der Waals surface area contributed by atoms with E-state index in [1.807, 2.05) is 18.2 Å². The van der Waals surface area contributed by atoms with Gasteiger partial charge in [-0.05, 0) is 44.6 Å². The van der Waals surface area contributed by atoms with Crippen LogP contribution < -0.4 is 10.5 Å². The SMILES string of the molecule is COc1ccc(-n2nnnc2CN)cc1Br.